The summed E-state index contributed by atoms with van der Waals surface area (Å²) in [4.78, 5) is 24.0. The van der Waals surface area contributed by atoms with E-state index < -0.39 is 0 Å². The first-order valence-electron chi connectivity index (χ1n) is 9.22. The van der Waals surface area contributed by atoms with E-state index in [9.17, 15) is 14.7 Å². The number of hydrogen-bond donors (Lipinski definition) is 3. The molecule has 3 rings (SSSR count). The summed E-state index contributed by atoms with van der Waals surface area (Å²) >= 11 is 0. The molecule has 0 aliphatic carbocycles. The Labute approximate surface area is 167 Å². The van der Waals surface area contributed by atoms with Crippen molar-refractivity contribution >= 4 is 34.2 Å². The maximum Gasteiger partial charge on any atom is 0.261 e. The number of amides is 2. The van der Waals surface area contributed by atoms with Gasteiger partial charge in [0, 0.05) is 17.7 Å². The van der Waals surface area contributed by atoms with E-state index in [4.69, 9.17) is 0 Å². The summed E-state index contributed by atoms with van der Waals surface area (Å²) in [6.45, 7) is 3.53. The molecule has 1 aromatic heterocycles. The second kappa shape index (κ2) is 8.96. The Bertz CT molecular complexity index is 1070. The lowest BCUT2D eigenvalue weighted by atomic mass is 10.1. The molecule has 2 amide bonds. The molecule has 0 unspecified atom stereocenters. The third-order valence-corrected chi connectivity index (χ3v) is 4.21. The fourth-order valence-electron chi connectivity index (χ4n) is 2.77. The Morgan fingerprint density at radius 1 is 1.17 bits per heavy atom. The molecule has 0 spiro atoms. The van der Waals surface area contributed by atoms with Gasteiger partial charge in [-0.15, -0.1) is 5.10 Å². The van der Waals surface area contributed by atoms with Crippen LogP contribution < -0.4 is 10.7 Å². The molecule has 0 aliphatic rings. The van der Waals surface area contributed by atoms with Crippen molar-refractivity contribution < 1.29 is 14.7 Å². The summed E-state index contributed by atoms with van der Waals surface area (Å²) in [6.07, 6.45) is 1.15. The van der Waals surface area contributed by atoms with Gasteiger partial charge in [0.05, 0.1) is 11.2 Å². The molecule has 0 bridgehead atoms. The highest BCUT2D eigenvalue weighted by Crippen LogP contribution is 2.22. The first-order chi connectivity index (χ1) is 14.0. The van der Waals surface area contributed by atoms with Crippen LogP contribution in [0.4, 0.5) is 5.69 Å². The molecule has 3 aromatic rings. The number of hydrogen-bond acceptors (Lipinski definition) is 6. The molecule has 2 aromatic carbocycles. The van der Waals surface area contributed by atoms with E-state index in [2.05, 4.69) is 26.2 Å². The maximum atomic E-state index is 12.2. The van der Waals surface area contributed by atoms with Crippen LogP contribution in [-0.4, -0.2) is 37.6 Å². The first-order valence-corrected chi connectivity index (χ1v) is 9.22. The normalized spacial score (nSPS) is 11.4. The van der Waals surface area contributed by atoms with Crippen molar-refractivity contribution in [2.75, 3.05) is 5.32 Å². The molecule has 0 radical (unpaired) electrons. The smallest absolute Gasteiger partial charge is 0.261 e. The lowest BCUT2D eigenvalue weighted by Gasteiger charge is -2.09. The topological polar surface area (TPSA) is 122 Å². The Balaban J connectivity index is 1.68. The summed E-state index contributed by atoms with van der Waals surface area (Å²) in [6, 6.07) is 12.0. The summed E-state index contributed by atoms with van der Waals surface area (Å²) in [5.74, 6) is -0.491. The number of fused-ring (bicyclic) bond motifs is 1. The van der Waals surface area contributed by atoms with Crippen molar-refractivity contribution in [2.24, 2.45) is 5.10 Å². The SMILES string of the molecule is CCCC(=O)Nc1ccc(O)c(/C(C)=N/NC(=O)Cn2nnc3ccccc32)c1. The molecule has 29 heavy (non-hydrogen) atoms. The lowest BCUT2D eigenvalue weighted by molar-refractivity contribution is -0.121. The predicted molar refractivity (Wildman–Crippen MR) is 110 cm³/mol. The van der Waals surface area contributed by atoms with Gasteiger partial charge in [-0.05, 0) is 43.7 Å². The van der Waals surface area contributed by atoms with Crippen LogP contribution in [0.3, 0.4) is 0 Å². The number of phenols is 1. The molecule has 3 N–H and O–H groups in total. The minimum Gasteiger partial charge on any atom is -0.507 e. The minimum absolute atomic E-state index is 0.00346. The van der Waals surface area contributed by atoms with E-state index in [1.54, 1.807) is 19.1 Å². The van der Waals surface area contributed by atoms with Crippen LogP contribution >= 0.6 is 0 Å². The van der Waals surface area contributed by atoms with Crippen molar-refractivity contribution in [3.8, 4) is 5.75 Å². The molecular formula is C20H22N6O3. The van der Waals surface area contributed by atoms with Gasteiger partial charge in [0.25, 0.3) is 5.91 Å². The van der Waals surface area contributed by atoms with Crippen LogP contribution in [-0.2, 0) is 16.1 Å². The van der Waals surface area contributed by atoms with Gasteiger partial charge >= 0.3 is 0 Å². The van der Waals surface area contributed by atoms with Gasteiger partial charge in [-0.3, -0.25) is 9.59 Å². The molecular weight excluding hydrogens is 372 g/mol. The summed E-state index contributed by atoms with van der Waals surface area (Å²) < 4.78 is 1.48. The zero-order valence-corrected chi connectivity index (χ0v) is 16.2. The zero-order chi connectivity index (χ0) is 20.8. The van der Waals surface area contributed by atoms with Gasteiger partial charge in [0.15, 0.2) is 0 Å². The van der Waals surface area contributed by atoms with E-state index in [1.807, 2.05) is 31.2 Å². The van der Waals surface area contributed by atoms with E-state index in [0.29, 0.717) is 28.9 Å². The van der Waals surface area contributed by atoms with E-state index in [0.717, 1.165) is 11.9 Å². The number of benzene rings is 2. The van der Waals surface area contributed by atoms with Crippen LogP contribution in [0.25, 0.3) is 11.0 Å². The number of para-hydroxylation sites is 1. The van der Waals surface area contributed by atoms with Gasteiger partial charge in [-0.2, -0.15) is 5.10 Å². The van der Waals surface area contributed by atoms with Gasteiger partial charge in [0.2, 0.25) is 5.91 Å². The molecule has 150 valence electrons. The molecule has 0 fully saturated rings. The number of phenolic OH excluding ortho intramolecular Hbond substituents is 1. The van der Waals surface area contributed by atoms with Gasteiger partial charge in [-0.1, -0.05) is 24.3 Å². The van der Waals surface area contributed by atoms with Gasteiger partial charge < -0.3 is 10.4 Å². The molecule has 0 saturated carbocycles. The Kier molecular flexibility index (Phi) is 6.18. The summed E-state index contributed by atoms with van der Waals surface area (Å²) in [5.41, 5.74) is 5.25. The maximum absolute atomic E-state index is 12.2. The average Bonchev–Trinajstić information content (AvgIpc) is 3.11. The van der Waals surface area contributed by atoms with Gasteiger partial charge in [-0.25, -0.2) is 10.1 Å². The number of anilines is 1. The highest BCUT2D eigenvalue weighted by Gasteiger charge is 2.11. The third-order valence-electron chi connectivity index (χ3n) is 4.21. The monoisotopic (exact) mass is 394 g/mol. The van der Waals surface area contributed by atoms with Crippen molar-refractivity contribution in [1.29, 1.82) is 0 Å². The van der Waals surface area contributed by atoms with Crippen molar-refractivity contribution in [1.82, 2.24) is 20.4 Å². The number of rotatable bonds is 7. The van der Waals surface area contributed by atoms with Crippen molar-refractivity contribution in [2.45, 2.75) is 33.2 Å². The quantitative estimate of drug-likeness (QED) is 0.323. The van der Waals surface area contributed by atoms with E-state index >= 15 is 0 Å². The Hall–Kier alpha value is -3.75. The number of aromatic hydroxyl groups is 1. The van der Waals surface area contributed by atoms with E-state index in [1.165, 1.54) is 10.7 Å². The van der Waals surface area contributed by atoms with Crippen LogP contribution in [0.1, 0.15) is 32.3 Å². The fraction of sp³-hybridized carbons (Fsp3) is 0.250. The van der Waals surface area contributed by atoms with Crippen molar-refractivity contribution in [3.05, 3.63) is 48.0 Å². The number of carbonyl (C=O) groups is 2. The molecule has 0 aliphatic heterocycles. The molecule has 9 heteroatoms. The highest BCUT2D eigenvalue weighted by molar-refractivity contribution is 6.03. The second-order valence-electron chi connectivity index (χ2n) is 6.50. The standard InChI is InChI=1S/C20H22N6O3/c1-3-6-19(28)21-14-9-10-18(27)15(11-14)13(2)22-24-20(29)12-26-17-8-5-4-7-16(17)23-25-26/h4-5,7-11,27H,3,6,12H2,1-2H3,(H,21,28)(H,24,29)/b22-13+. The molecule has 1 heterocycles. The number of nitrogens with one attached hydrogen (secondary N) is 2. The first kappa shape index (κ1) is 20.0. The molecule has 0 atom stereocenters. The fourth-order valence-corrected chi connectivity index (χ4v) is 2.77. The Morgan fingerprint density at radius 3 is 2.76 bits per heavy atom. The molecule has 0 saturated heterocycles. The van der Waals surface area contributed by atoms with Crippen LogP contribution in [0.15, 0.2) is 47.6 Å². The zero-order valence-electron chi connectivity index (χ0n) is 16.2. The predicted octanol–water partition coefficient (Wildman–Crippen LogP) is 2.42. The number of carbonyl (C=O) groups excluding carboxylic acids is 2. The highest BCUT2D eigenvalue weighted by atomic mass is 16.3. The van der Waals surface area contributed by atoms with Crippen LogP contribution in [0.2, 0.25) is 0 Å². The Morgan fingerprint density at radius 2 is 1.97 bits per heavy atom. The summed E-state index contributed by atoms with van der Waals surface area (Å²) in [5, 5.41) is 24.9. The molecule has 9 nitrogen and oxygen atoms in total. The van der Waals surface area contributed by atoms with Crippen LogP contribution in [0, 0.1) is 0 Å². The van der Waals surface area contributed by atoms with Crippen molar-refractivity contribution in [3.63, 3.8) is 0 Å². The van der Waals surface area contributed by atoms with Crippen LogP contribution in [0.5, 0.6) is 5.75 Å². The average molecular weight is 394 g/mol. The number of hydrazone groups is 1. The largest absolute Gasteiger partial charge is 0.507 e. The lowest BCUT2D eigenvalue weighted by Crippen LogP contribution is -2.24. The number of nitrogens with zero attached hydrogens (tertiary/aromatic N) is 4. The number of aromatic nitrogens is 3. The van der Waals surface area contributed by atoms with E-state index in [-0.39, 0.29) is 24.1 Å². The van der Waals surface area contributed by atoms with Gasteiger partial charge in [0.1, 0.15) is 17.8 Å². The third kappa shape index (κ3) is 4.95. The minimum atomic E-state index is -0.383. The summed E-state index contributed by atoms with van der Waals surface area (Å²) in [7, 11) is 0. The second-order valence-corrected chi connectivity index (χ2v) is 6.50.